The first-order valence-corrected chi connectivity index (χ1v) is 7.05. The van der Waals surface area contributed by atoms with Crippen molar-refractivity contribution in [3.63, 3.8) is 0 Å². The van der Waals surface area contributed by atoms with E-state index in [-0.39, 0.29) is 6.03 Å². The molecular formula is C18H20N2O. The highest BCUT2D eigenvalue weighted by atomic mass is 16.2. The van der Waals surface area contributed by atoms with Crippen molar-refractivity contribution in [1.29, 1.82) is 0 Å². The number of nitrogens with one attached hydrogen (secondary N) is 2. The van der Waals surface area contributed by atoms with Crippen LogP contribution in [-0.4, -0.2) is 12.6 Å². The Hall–Kier alpha value is -2.55. The van der Waals surface area contributed by atoms with Crippen molar-refractivity contribution in [2.45, 2.75) is 13.3 Å². The van der Waals surface area contributed by atoms with Gasteiger partial charge in [-0.2, -0.15) is 0 Å². The molecule has 0 unspecified atom stereocenters. The smallest absolute Gasteiger partial charge is 0.318 e. The van der Waals surface area contributed by atoms with Crippen LogP contribution in [0.2, 0.25) is 0 Å². The molecule has 0 aliphatic heterocycles. The number of aryl methyl sites for hydroxylation is 1. The van der Waals surface area contributed by atoms with E-state index in [4.69, 9.17) is 0 Å². The van der Waals surface area contributed by atoms with E-state index in [1.807, 2.05) is 36.4 Å². The molecule has 3 heteroatoms. The lowest BCUT2D eigenvalue weighted by molar-refractivity contribution is 0.244. The molecule has 0 saturated heterocycles. The number of hydrogen-bond donors (Lipinski definition) is 2. The fourth-order valence-electron chi connectivity index (χ4n) is 1.90. The maximum atomic E-state index is 11.6. The van der Waals surface area contributed by atoms with Crippen LogP contribution in [0.25, 0.3) is 6.08 Å². The molecule has 0 aliphatic carbocycles. The topological polar surface area (TPSA) is 41.1 Å². The lowest BCUT2D eigenvalue weighted by atomic mass is 10.1. The van der Waals surface area contributed by atoms with Gasteiger partial charge in [0.25, 0.3) is 0 Å². The minimum absolute atomic E-state index is 0.186. The summed E-state index contributed by atoms with van der Waals surface area (Å²) in [5, 5.41) is 5.53. The SMILES string of the molecule is Cc1ccc(CCNC(=O)N/C=C/c2ccccc2)cc1. The van der Waals surface area contributed by atoms with E-state index >= 15 is 0 Å². The van der Waals surface area contributed by atoms with Crippen LogP contribution < -0.4 is 10.6 Å². The van der Waals surface area contributed by atoms with Gasteiger partial charge in [-0.3, -0.25) is 0 Å². The van der Waals surface area contributed by atoms with Crippen LogP contribution in [0.15, 0.2) is 60.8 Å². The number of carbonyl (C=O) groups excluding carboxylic acids is 1. The first kappa shape index (κ1) is 14.9. The Morgan fingerprint density at radius 2 is 1.76 bits per heavy atom. The number of carbonyl (C=O) groups is 1. The fraction of sp³-hybridized carbons (Fsp3) is 0.167. The molecule has 2 amide bonds. The second-order valence-corrected chi connectivity index (χ2v) is 4.88. The second kappa shape index (κ2) is 7.90. The molecular weight excluding hydrogens is 260 g/mol. The van der Waals surface area contributed by atoms with Crippen LogP contribution in [0.3, 0.4) is 0 Å². The zero-order valence-corrected chi connectivity index (χ0v) is 12.2. The summed E-state index contributed by atoms with van der Waals surface area (Å²) < 4.78 is 0. The molecule has 3 nitrogen and oxygen atoms in total. The summed E-state index contributed by atoms with van der Waals surface area (Å²) in [4.78, 5) is 11.6. The Bertz CT molecular complexity index is 588. The van der Waals surface area contributed by atoms with Gasteiger partial charge >= 0.3 is 6.03 Å². The summed E-state index contributed by atoms with van der Waals surface area (Å²) in [6, 6.07) is 18.0. The Morgan fingerprint density at radius 1 is 1.05 bits per heavy atom. The summed E-state index contributed by atoms with van der Waals surface area (Å²) in [6.45, 7) is 2.68. The van der Waals surface area contributed by atoms with Gasteiger partial charge in [0.15, 0.2) is 0 Å². The van der Waals surface area contributed by atoms with E-state index in [0.717, 1.165) is 12.0 Å². The molecule has 0 heterocycles. The predicted molar refractivity (Wildman–Crippen MR) is 86.9 cm³/mol. The molecule has 0 aliphatic rings. The van der Waals surface area contributed by atoms with Gasteiger partial charge in [-0.1, -0.05) is 60.2 Å². The monoisotopic (exact) mass is 280 g/mol. The van der Waals surface area contributed by atoms with Gasteiger partial charge in [0.1, 0.15) is 0 Å². The molecule has 0 aromatic heterocycles. The predicted octanol–water partition coefficient (Wildman–Crippen LogP) is 3.51. The molecule has 0 radical (unpaired) electrons. The van der Waals surface area contributed by atoms with Crippen molar-refractivity contribution >= 4 is 12.1 Å². The van der Waals surface area contributed by atoms with E-state index in [1.165, 1.54) is 11.1 Å². The van der Waals surface area contributed by atoms with Crippen molar-refractivity contribution in [2.75, 3.05) is 6.54 Å². The Kier molecular flexibility index (Phi) is 5.59. The molecule has 2 N–H and O–H groups in total. The molecule has 108 valence electrons. The largest absolute Gasteiger partial charge is 0.338 e. The highest BCUT2D eigenvalue weighted by Crippen LogP contribution is 2.03. The summed E-state index contributed by atoms with van der Waals surface area (Å²) >= 11 is 0. The van der Waals surface area contributed by atoms with E-state index in [1.54, 1.807) is 6.20 Å². The highest BCUT2D eigenvalue weighted by molar-refractivity contribution is 5.75. The molecule has 2 aromatic rings. The van der Waals surface area contributed by atoms with Crippen LogP contribution in [0.5, 0.6) is 0 Å². The summed E-state index contributed by atoms with van der Waals surface area (Å²) in [7, 11) is 0. The number of rotatable bonds is 5. The Balaban J connectivity index is 1.68. The minimum Gasteiger partial charge on any atom is -0.338 e. The molecule has 0 saturated carbocycles. The van der Waals surface area contributed by atoms with Gasteiger partial charge in [-0.25, -0.2) is 4.79 Å². The Morgan fingerprint density at radius 3 is 2.48 bits per heavy atom. The van der Waals surface area contributed by atoms with Crippen molar-refractivity contribution in [1.82, 2.24) is 10.6 Å². The van der Waals surface area contributed by atoms with E-state index in [0.29, 0.717) is 6.54 Å². The van der Waals surface area contributed by atoms with Gasteiger partial charge < -0.3 is 10.6 Å². The van der Waals surface area contributed by atoms with Gasteiger partial charge in [0.2, 0.25) is 0 Å². The van der Waals surface area contributed by atoms with Crippen LogP contribution >= 0.6 is 0 Å². The third-order valence-corrected chi connectivity index (χ3v) is 3.11. The first-order chi connectivity index (χ1) is 10.2. The average molecular weight is 280 g/mol. The quantitative estimate of drug-likeness (QED) is 0.864. The Labute approximate surface area is 125 Å². The van der Waals surface area contributed by atoms with Gasteiger partial charge in [0.05, 0.1) is 0 Å². The number of urea groups is 1. The molecule has 0 atom stereocenters. The van der Waals surface area contributed by atoms with Gasteiger partial charge in [-0.15, -0.1) is 0 Å². The standard InChI is InChI=1S/C18H20N2O/c1-15-7-9-17(10-8-15)12-14-20-18(21)19-13-11-16-5-3-2-4-6-16/h2-11,13H,12,14H2,1H3,(H2,19,20,21)/b13-11+. The molecule has 21 heavy (non-hydrogen) atoms. The first-order valence-electron chi connectivity index (χ1n) is 7.05. The number of hydrogen-bond acceptors (Lipinski definition) is 1. The van der Waals surface area contributed by atoms with Crippen molar-refractivity contribution in [3.8, 4) is 0 Å². The van der Waals surface area contributed by atoms with Gasteiger partial charge in [0, 0.05) is 12.7 Å². The third kappa shape index (κ3) is 5.53. The van der Waals surface area contributed by atoms with Crippen molar-refractivity contribution < 1.29 is 4.79 Å². The highest BCUT2D eigenvalue weighted by Gasteiger charge is 1.97. The van der Waals surface area contributed by atoms with Crippen molar-refractivity contribution in [3.05, 3.63) is 77.5 Å². The van der Waals surface area contributed by atoms with E-state index in [9.17, 15) is 4.79 Å². The fourth-order valence-corrected chi connectivity index (χ4v) is 1.90. The molecule has 2 aromatic carbocycles. The van der Waals surface area contributed by atoms with E-state index in [2.05, 4.69) is 41.8 Å². The number of benzene rings is 2. The minimum atomic E-state index is -0.186. The molecule has 2 rings (SSSR count). The molecule has 0 fully saturated rings. The van der Waals surface area contributed by atoms with Crippen LogP contribution in [0, 0.1) is 6.92 Å². The van der Waals surface area contributed by atoms with Gasteiger partial charge in [-0.05, 0) is 30.5 Å². The zero-order chi connectivity index (χ0) is 14.9. The lowest BCUT2D eigenvalue weighted by Gasteiger charge is -2.05. The van der Waals surface area contributed by atoms with E-state index < -0.39 is 0 Å². The maximum Gasteiger partial charge on any atom is 0.318 e. The summed E-state index contributed by atoms with van der Waals surface area (Å²) in [5.74, 6) is 0. The summed E-state index contributed by atoms with van der Waals surface area (Å²) in [5.41, 5.74) is 3.52. The van der Waals surface area contributed by atoms with Crippen LogP contribution in [0.1, 0.15) is 16.7 Å². The maximum absolute atomic E-state index is 11.6. The zero-order valence-electron chi connectivity index (χ0n) is 12.2. The molecule has 0 spiro atoms. The van der Waals surface area contributed by atoms with Crippen molar-refractivity contribution in [2.24, 2.45) is 0 Å². The normalized spacial score (nSPS) is 10.5. The molecule has 0 bridgehead atoms. The second-order valence-electron chi connectivity index (χ2n) is 4.88. The van der Waals surface area contributed by atoms with Crippen LogP contribution in [0.4, 0.5) is 4.79 Å². The average Bonchev–Trinajstić information content (AvgIpc) is 2.50. The summed E-state index contributed by atoms with van der Waals surface area (Å²) in [6.07, 6.45) is 4.34. The van der Waals surface area contributed by atoms with Crippen LogP contribution in [-0.2, 0) is 6.42 Å². The number of amides is 2. The third-order valence-electron chi connectivity index (χ3n) is 3.11. The lowest BCUT2D eigenvalue weighted by Crippen LogP contribution is -2.33.